The van der Waals surface area contributed by atoms with Crippen LogP contribution in [0, 0.1) is 6.92 Å². The van der Waals surface area contributed by atoms with Gasteiger partial charge in [0, 0.05) is 0 Å². The number of halogens is 1. The van der Waals surface area contributed by atoms with Crippen LogP contribution in [0.1, 0.15) is 21.7 Å². The molecule has 2 heterocycles. The van der Waals surface area contributed by atoms with Gasteiger partial charge in [-0.25, -0.2) is 4.79 Å². The molecular formula is C15H12BrN3O2. The van der Waals surface area contributed by atoms with Gasteiger partial charge >= 0.3 is 5.69 Å². The lowest BCUT2D eigenvalue weighted by molar-refractivity contribution is 0.111. The van der Waals surface area contributed by atoms with Gasteiger partial charge in [-0.3, -0.25) is 9.36 Å². The molecule has 3 rings (SSSR count). The third-order valence-corrected chi connectivity index (χ3v) is 4.31. The number of aromatic nitrogens is 3. The Balaban J connectivity index is 2.24. The van der Waals surface area contributed by atoms with Gasteiger partial charge in [0.2, 0.25) is 0 Å². The molecule has 0 bridgehead atoms. The smallest absolute Gasteiger partial charge is 0.296 e. The van der Waals surface area contributed by atoms with Gasteiger partial charge in [0.1, 0.15) is 0 Å². The zero-order chi connectivity index (χ0) is 15.0. The predicted octanol–water partition coefficient (Wildman–Crippen LogP) is 2.43. The second-order valence-electron chi connectivity index (χ2n) is 4.74. The molecule has 106 valence electrons. The van der Waals surface area contributed by atoms with E-state index in [0.717, 1.165) is 10.0 Å². The summed E-state index contributed by atoms with van der Waals surface area (Å²) in [6, 6.07) is 11.2. The number of benzene rings is 1. The number of aldehydes is 1. The Morgan fingerprint density at radius 2 is 2.00 bits per heavy atom. The molecule has 0 spiro atoms. The molecule has 21 heavy (non-hydrogen) atoms. The van der Waals surface area contributed by atoms with Gasteiger partial charge in [0.25, 0.3) is 0 Å². The van der Waals surface area contributed by atoms with E-state index in [2.05, 4.69) is 21.0 Å². The summed E-state index contributed by atoms with van der Waals surface area (Å²) in [4.78, 5) is 23.9. The van der Waals surface area contributed by atoms with Crippen molar-refractivity contribution in [3.05, 3.63) is 68.3 Å². The van der Waals surface area contributed by atoms with Crippen molar-refractivity contribution >= 4 is 27.7 Å². The van der Waals surface area contributed by atoms with Gasteiger partial charge in [0.05, 0.1) is 27.9 Å². The SMILES string of the molecule is Cc1nn2c(=O)n(Cc3ccccc3)c(C=O)cc2c1Br. The van der Waals surface area contributed by atoms with Crippen LogP contribution in [0.4, 0.5) is 0 Å². The summed E-state index contributed by atoms with van der Waals surface area (Å²) in [7, 11) is 0. The summed E-state index contributed by atoms with van der Waals surface area (Å²) >= 11 is 3.39. The first-order valence-corrected chi connectivity index (χ1v) is 7.19. The number of carbonyl (C=O) groups excluding carboxylic acids is 1. The topological polar surface area (TPSA) is 56.4 Å². The van der Waals surface area contributed by atoms with E-state index in [4.69, 9.17) is 0 Å². The van der Waals surface area contributed by atoms with Gasteiger partial charge in [-0.2, -0.15) is 9.61 Å². The van der Waals surface area contributed by atoms with E-state index in [-0.39, 0.29) is 5.69 Å². The first-order valence-electron chi connectivity index (χ1n) is 6.39. The number of hydrogen-bond acceptors (Lipinski definition) is 3. The quantitative estimate of drug-likeness (QED) is 0.685. The minimum atomic E-state index is -0.327. The maximum atomic E-state index is 12.6. The maximum absolute atomic E-state index is 12.6. The van der Waals surface area contributed by atoms with Gasteiger partial charge in [-0.1, -0.05) is 30.3 Å². The van der Waals surface area contributed by atoms with Gasteiger partial charge in [-0.05, 0) is 34.5 Å². The summed E-state index contributed by atoms with van der Waals surface area (Å²) in [6.07, 6.45) is 0.694. The van der Waals surface area contributed by atoms with Crippen LogP contribution in [-0.4, -0.2) is 20.5 Å². The van der Waals surface area contributed by atoms with Crippen LogP contribution >= 0.6 is 15.9 Å². The van der Waals surface area contributed by atoms with E-state index in [0.29, 0.717) is 29.7 Å². The van der Waals surface area contributed by atoms with Crippen molar-refractivity contribution in [3.63, 3.8) is 0 Å². The molecule has 0 fully saturated rings. The zero-order valence-corrected chi connectivity index (χ0v) is 12.9. The van der Waals surface area contributed by atoms with Crippen molar-refractivity contribution in [1.29, 1.82) is 0 Å². The molecule has 0 aliphatic heterocycles. The van der Waals surface area contributed by atoms with Crippen LogP contribution in [-0.2, 0) is 6.54 Å². The molecule has 0 amide bonds. The van der Waals surface area contributed by atoms with E-state index in [1.807, 2.05) is 30.3 Å². The molecule has 0 unspecified atom stereocenters. The van der Waals surface area contributed by atoms with Crippen LogP contribution < -0.4 is 5.69 Å². The number of carbonyl (C=O) groups is 1. The molecule has 0 saturated heterocycles. The fourth-order valence-electron chi connectivity index (χ4n) is 2.26. The predicted molar refractivity (Wildman–Crippen MR) is 82.8 cm³/mol. The highest BCUT2D eigenvalue weighted by atomic mass is 79.9. The van der Waals surface area contributed by atoms with Gasteiger partial charge < -0.3 is 0 Å². The lowest BCUT2D eigenvalue weighted by Gasteiger charge is -2.09. The number of aryl methyl sites for hydroxylation is 1. The van der Waals surface area contributed by atoms with Crippen LogP contribution in [0.15, 0.2) is 45.7 Å². The summed E-state index contributed by atoms with van der Waals surface area (Å²) in [5, 5.41) is 4.21. The average molecular weight is 346 g/mol. The minimum absolute atomic E-state index is 0.327. The molecule has 0 aliphatic carbocycles. The highest BCUT2D eigenvalue weighted by Gasteiger charge is 2.14. The van der Waals surface area contributed by atoms with Crippen LogP contribution in [0.25, 0.3) is 5.52 Å². The Morgan fingerprint density at radius 1 is 1.29 bits per heavy atom. The van der Waals surface area contributed by atoms with Crippen molar-refractivity contribution in [1.82, 2.24) is 14.2 Å². The normalized spacial score (nSPS) is 11.0. The molecule has 0 aliphatic rings. The monoisotopic (exact) mass is 345 g/mol. The molecule has 0 saturated carbocycles. The molecule has 5 nitrogen and oxygen atoms in total. The average Bonchev–Trinajstić information content (AvgIpc) is 2.79. The van der Waals surface area contributed by atoms with E-state index >= 15 is 0 Å². The molecule has 3 aromatic rings. The first kappa shape index (κ1) is 13.8. The number of nitrogens with zero attached hydrogens (tertiary/aromatic N) is 3. The molecule has 0 radical (unpaired) electrons. The number of rotatable bonds is 3. The lowest BCUT2D eigenvalue weighted by Crippen LogP contribution is -2.30. The highest BCUT2D eigenvalue weighted by molar-refractivity contribution is 9.10. The molecule has 2 aromatic heterocycles. The second-order valence-corrected chi connectivity index (χ2v) is 5.53. The fourth-order valence-corrected chi connectivity index (χ4v) is 2.62. The van der Waals surface area contributed by atoms with E-state index in [1.54, 1.807) is 13.0 Å². The van der Waals surface area contributed by atoms with Crippen molar-refractivity contribution in [2.24, 2.45) is 0 Å². The molecule has 6 heteroatoms. The van der Waals surface area contributed by atoms with Crippen LogP contribution in [0.2, 0.25) is 0 Å². The highest BCUT2D eigenvalue weighted by Crippen LogP contribution is 2.21. The minimum Gasteiger partial charge on any atom is -0.296 e. The fraction of sp³-hybridized carbons (Fsp3) is 0.133. The summed E-state index contributed by atoms with van der Waals surface area (Å²) < 4.78 is 3.47. The Bertz CT molecular complexity index is 881. The van der Waals surface area contributed by atoms with Crippen LogP contribution in [0.5, 0.6) is 0 Å². The molecule has 0 N–H and O–H groups in total. The van der Waals surface area contributed by atoms with Crippen molar-refractivity contribution in [2.75, 3.05) is 0 Å². The van der Waals surface area contributed by atoms with Crippen molar-refractivity contribution < 1.29 is 4.79 Å². The zero-order valence-electron chi connectivity index (χ0n) is 11.3. The van der Waals surface area contributed by atoms with Crippen molar-refractivity contribution in [2.45, 2.75) is 13.5 Å². The van der Waals surface area contributed by atoms with Gasteiger partial charge in [-0.15, -0.1) is 0 Å². The third-order valence-electron chi connectivity index (χ3n) is 3.33. The number of hydrogen-bond donors (Lipinski definition) is 0. The molecule has 1 aromatic carbocycles. The Kier molecular flexibility index (Phi) is 3.47. The Morgan fingerprint density at radius 3 is 2.67 bits per heavy atom. The van der Waals surface area contributed by atoms with Crippen molar-refractivity contribution in [3.8, 4) is 0 Å². The summed E-state index contributed by atoms with van der Waals surface area (Å²) in [6.45, 7) is 2.14. The molecular weight excluding hydrogens is 334 g/mol. The van der Waals surface area contributed by atoms with E-state index in [9.17, 15) is 9.59 Å². The Hall–Kier alpha value is -2.21. The van der Waals surface area contributed by atoms with Crippen LogP contribution in [0.3, 0.4) is 0 Å². The third kappa shape index (κ3) is 2.31. The number of fused-ring (bicyclic) bond motifs is 1. The summed E-state index contributed by atoms with van der Waals surface area (Å²) in [5.41, 5.74) is 2.26. The maximum Gasteiger partial charge on any atom is 0.350 e. The summed E-state index contributed by atoms with van der Waals surface area (Å²) in [5.74, 6) is 0. The van der Waals surface area contributed by atoms with E-state index in [1.165, 1.54) is 9.08 Å². The lowest BCUT2D eigenvalue weighted by atomic mass is 10.2. The van der Waals surface area contributed by atoms with E-state index < -0.39 is 0 Å². The van der Waals surface area contributed by atoms with Gasteiger partial charge in [0.15, 0.2) is 6.29 Å². The molecule has 0 atom stereocenters. The second kappa shape index (κ2) is 5.29. The Labute approximate surface area is 129 Å². The standard InChI is InChI=1S/C15H12BrN3O2/c1-10-14(16)13-7-12(9-20)18(15(21)19(13)17-10)8-11-5-3-2-4-6-11/h2-7,9H,8H2,1H3. The first-order chi connectivity index (χ1) is 10.1. The largest absolute Gasteiger partial charge is 0.350 e.